The lowest BCUT2D eigenvalue weighted by Gasteiger charge is -2.19. The second-order valence-corrected chi connectivity index (χ2v) is 5.00. The number of fused-ring (bicyclic) bond motifs is 1. The quantitative estimate of drug-likeness (QED) is 0.935. The molecule has 1 aromatic heterocycles. The molecule has 1 aromatic carbocycles. The number of benzene rings is 1. The largest absolute Gasteiger partial charge is 0.380 e. The average molecular weight is 285 g/mol. The normalized spacial score (nSPS) is 13.8. The second-order valence-electron chi connectivity index (χ2n) is 5.00. The minimum atomic E-state index is 0.582. The van der Waals surface area contributed by atoms with E-state index >= 15 is 0 Å². The fourth-order valence-electron chi connectivity index (χ4n) is 2.48. The van der Waals surface area contributed by atoms with E-state index in [0.29, 0.717) is 13.2 Å². The lowest BCUT2D eigenvalue weighted by Crippen LogP contribution is -2.16. The number of nitrogens with one attached hydrogen (secondary N) is 1. The molecule has 0 saturated heterocycles. The fraction of sp³-hybridized carbons (Fsp3) is 0.375. The van der Waals surface area contributed by atoms with E-state index in [9.17, 15) is 0 Å². The Kier molecular flexibility index (Phi) is 4.13. The molecule has 5 nitrogen and oxygen atoms in total. The summed E-state index contributed by atoms with van der Waals surface area (Å²) in [6.07, 6.45) is 0.835. The van der Waals surface area contributed by atoms with Crippen LogP contribution < -0.4 is 5.32 Å². The Bertz CT molecular complexity index is 609. The topological polar surface area (TPSA) is 56.3 Å². The van der Waals surface area contributed by atoms with Crippen molar-refractivity contribution in [3.63, 3.8) is 0 Å². The van der Waals surface area contributed by atoms with Crippen LogP contribution in [0, 0.1) is 0 Å². The summed E-state index contributed by atoms with van der Waals surface area (Å²) in [5.74, 6) is 1.61. The lowest BCUT2D eigenvalue weighted by atomic mass is 10.1. The molecule has 3 rings (SSSR count). The van der Waals surface area contributed by atoms with Crippen LogP contribution in [0.25, 0.3) is 11.4 Å². The maximum Gasteiger partial charge on any atom is 0.161 e. The van der Waals surface area contributed by atoms with Crippen LogP contribution in [-0.4, -0.2) is 30.7 Å². The van der Waals surface area contributed by atoms with Gasteiger partial charge in [0.15, 0.2) is 5.82 Å². The molecule has 5 heteroatoms. The molecule has 0 amide bonds. The number of nitrogens with zero attached hydrogens (tertiary/aromatic N) is 2. The highest BCUT2D eigenvalue weighted by molar-refractivity contribution is 5.60. The zero-order chi connectivity index (χ0) is 14.7. The Morgan fingerprint density at radius 2 is 2.05 bits per heavy atom. The van der Waals surface area contributed by atoms with Crippen LogP contribution >= 0.6 is 0 Å². The Morgan fingerprint density at radius 1 is 1.24 bits per heavy atom. The molecule has 0 bridgehead atoms. The third kappa shape index (κ3) is 2.89. The predicted octanol–water partition coefficient (Wildman–Crippen LogP) is 2.40. The molecule has 2 heterocycles. The van der Waals surface area contributed by atoms with Gasteiger partial charge in [0, 0.05) is 31.7 Å². The van der Waals surface area contributed by atoms with E-state index in [-0.39, 0.29) is 0 Å². The van der Waals surface area contributed by atoms with Crippen LogP contribution in [-0.2, 0) is 29.1 Å². The maximum atomic E-state index is 5.49. The first-order valence-corrected chi connectivity index (χ1v) is 7.05. The Balaban J connectivity index is 1.98. The van der Waals surface area contributed by atoms with Gasteiger partial charge in [-0.1, -0.05) is 24.3 Å². The average Bonchev–Trinajstić information content (AvgIpc) is 2.55. The van der Waals surface area contributed by atoms with Crippen LogP contribution in [0.1, 0.15) is 16.8 Å². The molecule has 21 heavy (non-hydrogen) atoms. The van der Waals surface area contributed by atoms with Gasteiger partial charge in [-0.3, -0.25) is 0 Å². The number of ether oxygens (including phenoxy) is 2. The van der Waals surface area contributed by atoms with Crippen LogP contribution in [0.2, 0.25) is 0 Å². The summed E-state index contributed by atoms with van der Waals surface area (Å²) in [5, 5.41) is 3.15. The van der Waals surface area contributed by atoms with Gasteiger partial charge in [-0.15, -0.1) is 0 Å². The summed E-state index contributed by atoms with van der Waals surface area (Å²) in [4.78, 5) is 9.32. The van der Waals surface area contributed by atoms with E-state index in [1.807, 2.05) is 31.3 Å². The fourth-order valence-corrected chi connectivity index (χ4v) is 2.48. The van der Waals surface area contributed by atoms with Gasteiger partial charge in [-0.2, -0.15) is 0 Å². The summed E-state index contributed by atoms with van der Waals surface area (Å²) in [6, 6.07) is 8.16. The number of aromatic nitrogens is 2. The first-order valence-electron chi connectivity index (χ1n) is 7.05. The van der Waals surface area contributed by atoms with Gasteiger partial charge >= 0.3 is 0 Å². The van der Waals surface area contributed by atoms with Gasteiger partial charge in [0.25, 0.3) is 0 Å². The van der Waals surface area contributed by atoms with Gasteiger partial charge < -0.3 is 14.8 Å². The molecule has 1 aliphatic heterocycles. The zero-order valence-corrected chi connectivity index (χ0v) is 12.3. The van der Waals surface area contributed by atoms with Crippen LogP contribution in [0.4, 0.5) is 5.82 Å². The van der Waals surface area contributed by atoms with E-state index in [0.717, 1.165) is 47.1 Å². The number of hydrogen-bond acceptors (Lipinski definition) is 5. The molecular weight excluding hydrogens is 266 g/mol. The van der Waals surface area contributed by atoms with Crippen molar-refractivity contribution in [3.05, 3.63) is 41.1 Å². The van der Waals surface area contributed by atoms with Crippen molar-refractivity contribution in [2.45, 2.75) is 19.6 Å². The Labute approximate surface area is 124 Å². The smallest absolute Gasteiger partial charge is 0.161 e. The standard InChI is InChI=1S/C16H19N3O2/c1-17-16-13-10-21-8-7-14(13)18-15(19-16)12-5-3-11(4-6-12)9-20-2/h3-6H,7-10H2,1-2H3,(H,17,18,19). The highest BCUT2D eigenvalue weighted by Crippen LogP contribution is 2.26. The van der Waals surface area contributed by atoms with Gasteiger partial charge in [-0.25, -0.2) is 9.97 Å². The molecule has 0 spiro atoms. The first-order chi connectivity index (χ1) is 10.3. The molecule has 0 radical (unpaired) electrons. The molecule has 0 saturated carbocycles. The van der Waals surface area contributed by atoms with Crippen molar-refractivity contribution < 1.29 is 9.47 Å². The lowest BCUT2D eigenvalue weighted by molar-refractivity contribution is 0.109. The monoisotopic (exact) mass is 285 g/mol. The Morgan fingerprint density at radius 3 is 2.76 bits per heavy atom. The third-order valence-corrected chi connectivity index (χ3v) is 3.58. The van der Waals surface area contributed by atoms with E-state index in [2.05, 4.69) is 10.3 Å². The van der Waals surface area contributed by atoms with Crippen molar-refractivity contribution in [2.24, 2.45) is 0 Å². The molecule has 0 aliphatic carbocycles. The molecule has 1 aliphatic rings. The summed E-state index contributed by atoms with van der Waals surface area (Å²) in [5.41, 5.74) is 4.31. The molecular formula is C16H19N3O2. The molecule has 0 unspecified atom stereocenters. The summed E-state index contributed by atoms with van der Waals surface area (Å²) in [7, 11) is 3.57. The number of rotatable bonds is 4. The van der Waals surface area contributed by atoms with E-state index in [1.165, 1.54) is 0 Å². The maximum absolute atomic E-state index is 5.49. The van der Waals surface area contributed by atoms with Crippen molar-refractivity contribution in [1.82, 2.24) is 9.97 Å². The van der Waals surface area contributed by atoms with Crippen molar-refractivity contribution in [3.8, 4) is 11.4 Å². The van der Waals surface area contributed by atoms with Gasteiger partial charge in [-0.05, 0) is 5.56 Å². The van der Waals surface area contributed by atoms with Crippen molar-refractivity contribution >= 4 is 5.82 Å². The highest BCUT2D eigenvalue weighted by Gasteiger charge is 2.18. The predicted molar refractivity (Wildman–Crippen MR) is 81.1 cm³/mol. The van der Waals surface area contributed by atoms with Gasteiger partial charge in [0.1, 0.15) is 5.82 Å². The van der Waals surface area contributed by atoms with E-state index in [4.69, 9.17) is 14.5 Å². The summed E-state index contributed by atoms with van der Waals surface area (Å²) in [6.45, 7) is 1.92. The highest BCUT2D eigenvalue weighted by atomic mass is 16.5. The van der Waals surface area contributed by atoms with E-state index < -0.39 is 0 Å². The molecule has 110 valence electrons. The van der Waals surface area contributed by atoms with E-state index in [1.54, 1.807) is 7.11 Å². The number of methoxy groups -OCH3 is 1. The number of anilines is 1. The molecule has 0 fully saturated rings. The summed E-state index contributed by atoms with van der Waals surface area (Å²) >= 11 is 0. The summed E-state index contributed by atoms with van der Waals surface area (Å²) < 4.78 is 10.6. The van der Waals surface area contributed by atoms with Crippen molar-refractivity contribution in [2.75, 3.05) is 26.1 Å². The van der Waals surface area contributed by atoms with Crippen LogP contribution in [0.15, 0.2) is 24.3 Å². The van der Waals surface area contributed by atoms with Crippen LogP contribution in [0.3, 0.4) is 0 Å². The Hall–Kier alpha value is -1.98. The second kappa shape index (κ2) is 6.20. The van der Waals surface area contributed by atoms with Gasteiger partial charge in [0.05, 0.1) is 25.5 Å². The third-order valence-electron chi connectivity index (χ3n) is 3.58. The molecule has 0 atom stereocenters. The van der Waals surface area contributed by atoms with Crippen molar-refractivity contribution in [1.29, 1.82) is 0 Å². The van der Waals surface area contributed by atoms with Crippen LogP contribution in [0.5, 0.6) is 0 Å². The minimum Gasteiger partial charge on any atom is -0.380 e. The van der Waals surface area contributed by atoms with Gasteiger partial charge in [0.2, 0.25) is 0 Å². The molecule has 1 N–H and O–H groups in total. The minimum absolute atomic E-state index is 0.582. The zero-order valence-electron chi connectivity index (χ0n) is 12.3. The molecule has 2 aromatic rings. The first kappa shape index (κ1) is 14.0. The SMILES string of the molecule is CNc1nc(-c2ccc(COC)cc2)nc2c1COCC2. The number of hydrogen-bond donors (Lipinski definition) is 1.